The smallest absolute Gasteiger partial charge is 0.188 e. The Hall–Kier alpha value is -2.76. The van der Waals surface area contributed by atoms with Crippen LogP contribution in [0.25, 0.3) is 0 Å². The summed E-state index contributed by atoms with van der Waals surface area (Å²) in [7, 11) is 0. The minimum atomic E-state index is 0.338. The van der Waals surface area contributed by atoms with Crippen molar-refractivity contribution < 1.29 is 0 Å². The van der Waals surface area contributed by atoms with Gasteiger partial charge in [0, 0.05) is 29.9 Å². The van der Waals surface area contributed by atoms with E-state index >= 15 is 0 Å². The van der Waals surface area contributed by atoms with Crippen molar-refractivity contribution in [3.8, 4) is 6.07 Å². The van der Waals surface area contributed by atoms with Gasteiger partial charge in [0.2, 0.25) is 0 Å². The van der Waals surface area contributed by atoms with Gasteiger partial charge in [-0.2, -0.15) is 10.4 Å². The molecular weight excluding hydrogens is 394 g/mol. The first-order valence-electron chi connectivity index (χ1n) is 10.6. The average molecular weight is 420 g/mol. The Bertz CT molecular complexity index is 1040. The topological polar surface area (TPSA) is 82.7 Å². The Morgan fingerprint density at radius 3 is 3.00 bits per heavy atom. The molecule has 1 atom stereocenters. The first-order valence-corrected chi connectivity index (χ1v) is 11.5. The maximum Gasteiger partial charge on any atom is 0.188 e. The molecule has 2 fully saturated rings. The van der Waals surface area contributed by atoms with Crippen LogP contribution < -0.4 is 5.32 Å². The zero-order valence-electron chi connectivity index (χ0n) is 16.9. The van der Waals surface area contributed by atoms with Gasteiger partial charge in [0.1, 0.15) is 5.82 Å². The quantitative estimate of drug-likeness (QED) is 0.618. The first-order chi connectivity index (χ1) is 14.8. The molecule has 3 aromatic rings. The second-order valence-corrected chi connectivity index (χ2v) is 9.00. The second-order valence-electron chi connectivity index (χ2n) is 8.14. The summed E-state index contributed by atoms with van der Waals surface area (Å²) in [5.74, 6) is 0.651. The molecule has 1 saturated heterocycles. The molecule has 154 valence electrons. The van der Waals surface area contributed by atoms with Crippen LogP contribution in [-0.2, 0) is 6.54 Å². The number of aromatic nitrogens is 4. The number of thiazole rings is 1. The van der Waals surface area contributed by atoms with Crippen LogP contribution in [0, 0.1) is 11.3 Å². The van der Waals surface area contributed by atoms with E-state index in [0.29, 0.717) is 23.5 Å². The summed E-state index contributed by atoms with van der Waals surface area (Å²) in [4.78, 5) is 11.6. The molecule has 0 bridgehead atoms. The third-order valence-electron chi connectivity index (χ3n) is 6.09. The number of nitriles is 1. The third-order valence-corrected chi connectivity index (χ3v) is 6.87. The van der Waals surface area contributed by atoms with E-state index in [2.05, 4.69) is 42.6 Å². The maximum atomic E-state index is 9.06. The van der Waals surface area contributed by atoms with Crippen LogP contribution in [0.1, 0.15) is 67.4 Å². The highest BCUT2D eigenvalue weighted by atomic mass is 32.1. The van der Waals surface area contributed by atoms with Crippen LogP contribution in [0.3, 0.4) is 0 Å². The van der Waals surface area contributed by atoms with E-state index < -0.39 is 0 Å². The zero-order valence-corrected chi connectivity index (χ0v) is 17.7. The van der Waals surface area contributed by atoms with Crippen LogP contribution >= 0.6 is 11.3 Å². The van der Waals surface area contributed by atoms with Crippen molar-refractivity contribution >= 4 is 22.3 Å². The number of hydrogen-bond donors (Lipinski definition) is 1. The van der Waals surface area contributed by atoms with Gasteiger partial charge in [0.05, 0.1) is 35.6 Å². The molecule has 0 aromatic carbocycles. The molecule has 5 rings (SSSR count). The Kier molecular flexibility index (Phi) is 5.47. The number of likely N-dealkylation sites (tertiary alicyclic amines) is 1. The minimum Gasteiger partial charge on any atom is -0.316 e. The van der Waals surface area contributed by atoms with Crippen LogP contribution in [0.4, 0.5) is 10.9 Å². The summed E-state index contributed by atoms with van der Waals surface area (Å²) in [5.41, 5.74) is 2.99. The molecular formula is C22H25N7S. The molecule has 4 heterocycles. The normalized spacial score (nSPS) is 19.9. The fourth-order valence-corrected chi connectivity index (χ4v) is 5.35. The predicted molar refractivity (Wildman–Crippen MR) is 116 cm³/mol. The van der Waals surface area contributed by atoms with Crippen molar-refractivity contribution in [2.75, 3.05) is 11.9 Å². The molecule has 1 unspecified atom stereocenters. The molecule has 8 heteroatoms. The highest BCUT2D eigenvalue weighted by molar-refractivity contribution is 7.13. The molecule has 30 heavy (non-hydrogen) atoms. The third kappa shape index (κ3) is 4.09. The lowest BCUT2D eigenvalue weighted by molar-refractivity contribution is 0.245. The van der Waals surface area contributed by atoms with Crippen LogP contribution in [0.5, 0.6) is 0 Å². The number of hydrogen-bond acceptors (Lipinski definition) is 7. The molecule has 1 aliphatic heterocycles. The van der Waals surface area contributed by atoms with Gasteiger partial charge in [0.25, 0.3) is 0 Å². The van der Waals surface area contributed by atoms with Crippen LogP contribution in [-0.4, -0.2) is 31.2 Å². The van der Waals surface area contributed by atoms with Crippen molar-refractivity contribution in [1.82, 2.24) is 24.6 Å². The summed E-state index contributed by atoms with van der Waals surface area (Å²) in [6, 6.07) is 6.51. The molecule has 2 aliphatic rings. The van der Waals surface area contributed by atoms with Gasteiger partial charge < -0.3 is 5.32 Å². The van der Waals surface area contributed by atoms with E-state index in [-0.39, 0.29) is 0 Å². The highest BCUT2D eigenvalue weighted by Gasteiger charge is 2.28. The van der Waals surface area contributed by atoms with Crippen molar-refractivity contribution in [2.24, 2.45) is 0 Å². The van der Waals surface area contributed by atoms with Gasteiger partial charge in [-0.3, -0.25) is 9.58 Å². The van der Waals surface area contributed by atoms with Gasteiger partial charge in [-0.15, -0.1) is 11.3 Å². The fourth-order valence-electron chi connectivity index (χ4n) is 4.59. The van der Waals surface area contributed by atoms with E-state index in [9.17, 15) is 0 Å². The zero-order chi connectivity index (χ0) is 20.3. The maximum absolute atomic E-state index is 9.06. The molecule has 1 N–H and O–H groups in total. The lowest BCUT2D eigenvalue weighted by atomic mass is 10.1. The molecule has 0 amide bonds. The minimum absolute atomic E-state index is 0.338. The van der Waals surface area contributed by atoms with E-state index in [1.165, 1.54) is 37.7 Å². The monoisotopic (exact) mass is 419 g/mol. The first kappa shape index (κ1) is 19.2. The summed E-state index contributed by atoms with van der Waals surface area (Å²) < 4.78 is 2.18. The van der Waals surface area contributed by atoms with Gasteiger partial charge >= 0.3 is 0 Å². The fraction of sp³-hybridized carbons (Fsp3) is 0.455. The number of nitrogens with zero attached hydrogens (tertiary/aromatic N) is 6. The van der Waals surface area contributed by atoms with E-state index in [1.807, 2.05) is 6.20 Å². The number of pyridine rings is 1. The number of rotatable bonds is 6. The van der Waals surface area contributed by atoms with Crippen molar-refractivity contribution in [2.45, 2.75) is 57.2 Å². The van der Waals surface area contributed by atoms with Crippen molar-refractivity contribution in [1.29, 1.82) is 5.26 Å². The summed E-state index contributed by atoms with van der Waals surface area (Å²) in [6.07, 6.45) is 13.4. The Labute approximate surface area is 180 Å². The Balaban J connectivity index is 1.25. The predicted octanol–water partition coefficient (Wildman–Crippen LogP) is 4.80. The van der Waals surface area contributed by atoms with Gasteiger partial charge in [-0.05, 0) is 44.4 Å². The summed E-state index contributed by atoms with van der Waals surface area (Å²) in [5, 5.41) is 19.9. The molecule has 1 saturated carbocycles. The Morgan fingerprint density at radius 2 is 2.13 bits per heavy atom. The SMILES string of the molecule is N#Cc1ccnc(Nc2nc(C3CCCN3Cc3cnn(C4CCCC4)c3)cs2)c1. The van der Waals surface area contributed by atoms with Crippen LogP contribution in [0.2, 0.25) is 0 Å². The van der Waals surface area contributed by atoms with Gasteiger partial charge in [-0.25, -0.2) is 9.97 Å². The molecule has 7 nitrogen and oxygen atoms in total. The summed E-state index contributed by atoms with van der Waals surface area (Å²) >= 11 is 1.59. The molecule has 3 aromatic heterocycles. The number of nitrogens with one attached hydrogen (secondary N) is 1. The van der Waals surface area contributed by atoms with Crippen molar-refractivity contribution in [3.05, 3.63) is 52.9 Å². The molecule has 0 radical (unpaired) electrons. The summed E-state index contributed by atoms with van der Waals surface area (Å²) in [6.45, 7) is 2.01. The molecule has 1 aliphatic carbocycles. The highest BCUT2D eigenvalue weighted by Crippen LogP contribution is 2.35. The Morgan fingerprint density at radius 1 is 1.23 bits per heavy atom. The van der Waals surface area contributed by atoms with Gasteiger partial charge in [0.15, 0.2) is 5.13 Å². The van der Waals surface area contributed by atoms with E-state index in [0.717, 1.165) is 30.3 Å². The van der Waals surface area contributed by atoms with E-state index in [4.69, 9.17) is 10.2 Å². The van der Waals surface area contributed by atoms with Crippen LogP contribution in [0.15, 0.2) is 36.1 Å². The lowest BCUT2D eigenvalue weighted by Gasteiger charge is -2.22. The molecule has 0 spiro atoms. The average Bonchev–Trinajstić information content (AvgIpc) is 3.55. The second kappa shape index (κ2) is 8.54. The van der Waals surface area contributed by atoms with E-state index in [1.54, 1.807) is 29.7 Å². The van der Waals surface area contributed by atoms with Crippen molar-refractivity contribution in [3.63, 3.8) is 0 Å². The number of anilines is 2. The standard InChI is InChI=1S/C22H25N7S/c23-11-16-7-8-24-21(10-16)27-22-26-19(15-30-22)20-6-3-9-28(20)13-17-12-25-29(14-17)18-4-1-2-5-18/h7-8,10,12,14-15,18,20H,1-6,9,13H2,(H,24,26,27). The lowest BCUT2D eigenvalue weighted by Crippen LogP contribution is -2.22. The van der Waals surface area contributed by atoms with Gasteiger partial charge in [-0.1, -0.05) is 12.8 Å². The largest absolute Gasteiger partial charge is 0.316 e.